The van der Waals surface area contributed by atoms with Crippen LogP contribution in [0.25, 0.3) is 22.3 Å². The van der Waals surface area contributed by atoms with Gasteiger partial charge in [-0.05, 0) is 69.5 Å². The summed E-state index contributed by atoms with van der Waals surface area (Å²) < 4.78 is 12.5. The van der Waals surface area contributed by atoms with Crippen LogP contribution in [-0.4, -0.2) is 33.1 Å². The highest BCUT2D eigenvalue weighted by Gasteiger charge is 2.45. The number of fused-ring (bicyclic) bond motifs is 5. The third kappa shape index (κ3) is 3.76. The highest BCUT2D eigenvalue weighted by Crippen LogP contribution is 2.41. The lowest BCUT2D eigenvalue weighted by Crippen LogP contribution is -2.44. The maximum absolute atomic E-state index is 13.5. The number of rotatable bonds is 6. The lowest BCUT2D eigenvalue weighted by atomic mass is 9.86. The quantitative estimate of drug-likeness (QED) is 0.302. The van der Waals surface area contributed by atoms with Crippen molar-refractivity contribution >= 4 is 22.8 Å². The SMILES string of the molecule is CCc1c2c(nc3ccc(OC(=O)C(C)(C)CCN)cc13)-c1cc3c(c(=O)n1C2)COC(=O)[C@]3(O)CC. The summed E-state index contributed by atoms with van der Waals surface area (Å²) in [5, 5.41) is 11.9. The van der Waals surface area contributed by atoms with Gasteiger partial charge in [0.15, 0.2) is 5.60 Å². The molecule has 9 nitrogen and oxygen atoms in total. The number of benzene rings is 1. The second-order valence-electron chi connectivity index (χ2n) is 10.4. The Morgan fingerprint density at radius 2 is 2.00 bits per heavy atom. The zero-order valence-electron chi connectivity index (χ0n) is 21.5. The fourth-order valence-electron chi connectivity index (χ4n) is 5.32. The van der Waals surface area contributed by atoms with E-state index in [1.54, 1.807) is 29.7 Å². The summed E-state index contributed by atoms with van der Waals surface area (Å²) in [6.45, 7) is 7.85. The Hall–Kier alpha value is -3.56. The third-order valence-corrected chi connectivity index (χ3v) is 7.66. The Morgan fingerprint density at radius 1 is 1.24 bits per heavy atom. The van der Waals surface area contributed by atoms with E-state index in [4.69, 9.17) is 20.2 Å². The van der Waals surface area contributed by atoms with Crippen LogP contribution in [0.4, 0.5) is 0 Å². The number of aliphatic hydroxyl groups is 1. The molecular weight excluding hydrogens is 474 g/mol. The number of hydrogen-bond acceptors (Lipinski definition) is 8. The summed E-state index contributed by atoms with van der Waals surface area (Å²) in [6, 6.07) is 7.03. The Balaban J connectivity index is 1.63. The number of cyclic esters (lactones) is 1. The highest BCUT2D eigenvalue weighted by atomic mass is 16.6. The van der Waals surface area contributed by atoms with Crippen LogP contribution in [-0.2, 0) is 39.5 Å². The summed E-state index contributed by atoms with van der Waals surface area (Å²) in [7, 11) is 0. The van der Waals surface area contributed by atoms with E-state index < -0.39 is 17.0 Å². The van der Waals surface area contributed by atoms with Crippen molar-refractivity contribution in [1.29, 1.82) is 0 Å². The fourth-order valence-corrected chi connectivity index (χ4v) is 5.32. The minimum atomic E-state index is -1.87. The summed E-state index contributed by atoms with van der Waals surface area (Å²) in [6.07, 6.45) is 1.26. The van der Waals surface area contributed by atoms with Crippen molar-refractivity contribution in [2.45, 2.75) is 65.7 Å². The van der Waals surface area contributed by atoms with Gasteiger partial charge in [0, 0.05) is 16.5 Å². The van der Waals surface area contributed by atoms with Gasteiger partial charge in [0.05, 0.1) is 34.4 Å². The molecular formula is C28H31N3O6. The van der Waals surface area contributed by atoms with E-state index in [9.17, 15) is 19.5 Å². The van der Waals surface area contributed by atoms with Crippen molar-refractivity contribution in [3.63, 3.8) is 0 Å². The summed E-state index contributed by atoms with van der Waals surface area (Å²) in [4.78, 5) is 43.5. The second-order valence-corrected chi connectivity index (χ2v) is 10.4. The van der Waals surface area contributed by atoms with Gasteiger partial charge in [0.2, 0.25) is 0 Å². The van der Waals surface area contributed by atoms with Crippen LogP contribution < -0.4 is 16.0 Å². The number of esters is 2. The van der Waals surface area contributed by atoms with Crippen LogP contribution in [0.15, 0.2) is 29.1 Å². The number of hydrogen-bond donors (Lipinski definition) is 2. The molecule has 0 unspecified atom stereocenters. The second kappa shape index (κ2) is 8.78. The first-order valence-electron chi connectivity index (χ1n) is 12.6. The Bertz CT molecular complexity index is 1520. The van der Waals surface area contributed by atoms with Gasteiger partial charge in [-0.25, -0.2) is 9.78 Å². The van der Waals surface area contributed by atoms with Crippen molar-refractivity contribution in [2.75, 3.05) is 6.54 Å². The maximum atomic E-state index is 13.5. The first-order valence-corrected chi connectivity index (χ1v) is 12.6. The standard InChI is InChI=1S/C28H31N3O6/c1-5-16-17-11-15(37-25(33)27(3,4)9-10-29)7-8-21(17)30-23-18(16)13-31-22(23)12-20-19(24(31)32)14-36-26(34)28(20,35)6-2/h7-8,11-12,35H,5-6,9-10,13-14,29H2,1-4H3/t28-/m0/s1. The smallest absolute Gasteiger partial charge is 0.343 e. The number of carbonyl (C=O) groups excluding carboxylic acids is 2. The average molecular weight is 506 g/mol. The molecule has 0 saturated heterocycles. The minimum absolute atomic E-state index is 0.0868. The number of aryl methyl sites for hydroxylation is 1. The van der Waals surface area contributed by atoms with E-state index in [1.807, 2.05) is 26.8 Å². The van der Waals surface area contributed by atoms with Crippen molar-refractivity contribution in [3.05, 3.63) is 56.9 Å². The number of nitrogens with zero attached hydrogens (tertiary/aromatic N) is 2. The first kappa shape index (κ1) is 25.1. The molecule has 2 aliphatic heterocycles. The number of aromatic nitrogens is 2. The lowest BCUT2D eigenvalue weighted by Gasteiger charge is -2.31. The van der Waals surface area contributed by atoms with Crippen LogP contribution in [0.3, 0.4) is 0 Å². The van der Waals surface area contributed by atoms with Gasteiger partial charge in [-0.2, -0.15) is 0 Å². The molecule has 2 aliphatic rings. The largest absolute Gasteiger partial charge is 0.458 e. The van der Waals surface area contributed by atoms with Gasteiger partial charge < -0.3 is 24.9 Å². The molecule has 0 radical (unpaired) electrons. The predicted octanol–water partition coefficient (Wildman–Crippen LogP) is 2.92. The average Bonchev–Trinajstić information content (AvgIpc) is 3.23. The van der Waals surface area contributed by atoms with Crippen molar-refractivity contribution in [2.24, 2.45) is 11.1 Å². The van der Waals surface area contributed by atoms with E-state index in [0.717, 1.165) is 16.5 Å². The van der Waals surface area contributed by atoms with Crippen LogP contribution in [0.5, 0.6) is 5.75 Å². The molecule has 4 heterocycles. The molecule has 0 fully saturated rings. The topological polar surface area (TPSA) is 134 Å². The number of ether oxygens (including phenoxy) is 2. The summed E-state index contributed by atoms with van der Waals surface area (Å²) in [5.41, 5.74) is 7.16. The zero-order valence-corrected chi connectivity index (χ0v) is 21.5. The van der Waals surface area contributed by atoms with E-state index >= 15 is 0 Å². The molecule has 194 valence electrons. The molecule has 1 atom stereocenters. The summed E-state index contributed by atoms with van der Waals surface area (Å²) >= 11 is 0. The highest BCUT2D eigenvalue weighted by molar-refractivity contribution is 5.90. The van der Waals surface area contributed by atoms with Crippen molar-refractivity contribution < 1.29 is 24.2 Å². The van der Waals surface area contributed by atoms with Crippen molar-refractivity contribution in [3.8, 4) is 17.1 Å². The van der Waals surface area contributed by atoms with Crippen molar-refractivity contribution in [1.82, 2.24) is 9.55 Å². The number of nitrogens with two attached hydrogens (primary N) is 1. The minimum Gasteiger partial charge on any atom is -0.458 e. The molecule has 9 heteroatoms. The van der Waals surface area contributed by atoms with Crippen LogP contribution in [0.1, 0.15) is 62.8 Å². The molecule has 37 heavy (non-hydrogen) atoms. The molecule has 1 aromatic carbocycles. The zero-order chi connectivity index (χ0) is 26.7. The molecule has 3 N–H and O–H groups in total. The van der Waals surface area contributed by atoms with E-state index in [2.05, 4.69) is 0 Å². The Labute approximate surface area is 214 Å². The van der Waals surface area contributed by atoms with E-state index in [-0.39, 0.29) is 35.7 Å². The van der Waals surface area contributed by atoms with Gasteiger partial charge in [-0.3, -0.25) is 9.59 Å². The monoisotopic (exact) mass is 505 g/mol. The normalized spacial score (nSPS) is 18.3. The van der Waals surface area contributed by atoms with Gasteiger partial charge >= 0.3 is 11.9 Å². The molecule has 3 aromatic rings. The maximum Gasteiger partial charge on any atom is 0.343 e. The summed E-state index contributed by atoms with van der Waals surface area (Å²) in [5.74, 6) is -0.678. The number of pyridine rings is 2. The van der Waals surface area contributed by atoms with E-state index in [1.165, 1.54) is 0 Å². The molecule has 0 spiro atoms. The van der Waals surface area contributed by atoms with Gasteiger partial charge in [-0.1, -0.05) is 13.8 Å². The number of carbonyl (C=O) groups is 2. The molecule has 0 aliphatic carbocycles. The lowest BCUT2D eigenvalue weighted by molar-refractivity contribution is -0.172. The Morgan fingerprint density at radius 3 is 2.68 bits per heavy atom. The van der Waals surface area contributed by atoms with Gasteiger partial charge in [0.25, 0.3) is 5.56 Å². The van der Waals surface area contributed by atoms with Crippen LogP contribution >= 0.6 is 0 Å². The molecule has 0 saturated carbocycles. The molecule has 2 aromatic heterocycles. The Kier molecular flexibility index (Phi) is 5.96. The van der Waals surface area contributed by atoms with Gasteiger partial charge in [-0.15, -0.1) is 0 Å². The predicted molar refractivity (Wildman–Crippen MR) is 137 cm³/mol. The third-order valence-electron chi connectivity index (χ3n) is 7.66. The molecule has 0 amide bonds. The molecule has 0 bridgehead atoms. The molecule has 5 rings (SSSR count). The van der Waals surface area contributed by atoms with Crippen LogP contribution in [0.2, 0.25) is 0 Å². The van der Waals surface area contributed by atoms with Crippen LogP contribution in [0, 0.1) is 5.41 Å². The van der Waals surface area contributed by atoms with E-state index in [0.29, 0.717) is 48.6 Å². The fraction of sp³-hybridized carbons (Fsp3) is 0.429. The first-order chi connectivity index (χ1) is 17.6. The van der Waals surface area contributed by atoms with Gasteiger partial charge in [0.1, 0.15) is 12.4 Å².